The van der Waals surface area contributed by atoms with Crippen LogP contribution in [0.25, 0.3) is 11.0 Å². The van der Waals surface area contributed by atoms with Crippen LogP contribution >= 0.6 is 0 Å². The molecule has 0 saturated heterocycles. The average Bonchev–Trinajstić information content (AvgIpc) is 3.40. The molecular formula is C29H41N3O3. The molecule has 0 bridgehead atoms. The lowest BCUT2D eigenvalue weighted by Crippen LogP contribution is -2.55. The summed E-state index contributed by atoms with van der Waals surface area (Å²) in [6, 6.07) is 5.78. The van der Waals surface area contributed by atoms with Gasteiger partial charge in [0.1, 0.15) is 12.3 Å². The molecule has 1 aromatic heterocycles. The van der Waals surface area contributed by atoms with Crippen LogP contribution < -0.4 is 4.74 Å². The Morgan fingerprint density at radius 3 is 2.66 bits per heavy atom. The van der Waals surface area contributed by atoms with Gasteiger partial charge in [0.05, 0.1) is 18.2 Å². The first-order valence-electron chi connectivity index (χ1n) is 13.8. The highest BCUT2D eigenvalue weighted by atomic mass is 16.5. The lowest BCUT2D eigenvalue weighted by molar-refractivity contribution is -0.151. The van der Waals surface area contributed by atoms with Crippen LogP contribution in [0.3, 0.4) is 0 Å². The van der Waals surface area contributed by atoms with Gasteiger partial charge in [-0.15, -0.1) is 5.10 Å². The van der Waals surface area contributed by atoms with Crippen molar-refractivity contribution in [1.82, 2.24) is 15.0 Å². The van der Waals surface area contributed by atoms with Gasteiger partial charge in [-0.25, -0.2) is 4.68 Å². The summed E-state index contributed by atoms with van der Waals surface area (Å²) in [6.07, 6.45) is 10.1. The van der Waals surface area contributed by atoms with Gasteiger partial charge in [-0.1, -0.05) is 25.1 Å². The number of nitrogens with zero attached hydrogens (tertiary/aromatic N) is 3. The summed E-state index contributed by atoms with van der Waals surface area (Å²) in [7, 11) is 1.64. The molecular weight excluding hydrogens is 438 g/mol. The number of carbonyl (C=O) groups excluding carboxylic acids is 1. The van der Waals surface area contributed by atoms with Crippen molar-refractivity contribution < 1.29 is 14.6 Å². The molecule has 8 atom stereocenters. The zero-order valence-electron chi connectivity index (χ0n) is 21.8. The first kappa shape index (κ1) is 23.4. The van der Waals surface area contributed by atoms with Gasteiger partial charge in [0.25, 0.3) is 0 Å². The fourth-order valence-corrected chi connectivity index (χ4v) is 9.47. The molecule has 0 spiro atoms. The van der Waals surface area contributed by atoms with Crippen molar-refractivity contribution in [3.63, 3.8) is 0 Å². The zero-order chi connectivity index (χ0) is 24.6. The van der Waals surface area contributed by atoms with Crippen molar-refractivity contribution in [1.29, 1.82) is 0 Å². The fourth-order valence-electron chi connectivity index (χ4n) is 9.47. The largest absolute Gasteiger partial charge is 0.494 e. The number of ether oxygens (including phenoxy) is 1. The third-order valence-electron chi connectivity index (χ3n) is 11.4. The molecule has 4 fully saturated rings. The van der Waals surface area contributed by atoms with Gasteiger partial charge in [-0.2, -0.15) is 0 Å². The van der Waals surface area contributed by atoms with Gasteiger partial charge in [-0.05, 0) is 111 Å². The van der Waals surface area contributed by atoms with E-state index in [-0.39, 0.29) is 11.3 Å². The second-order valence-corrected chi connectivity index (χ2v) is 13.1. The molecule has 4 aliphatic carbocycles. The number of hydrogen-bond acceptors (Lipinski definition) is 5. The van der Waals surface area contributed by atoms with Crippen LogP contribution in [0.15, 0.2) is 18.2 Å². The van der Waals surface area contributed by atoms with Crippen LogP contribution in [0.4, 0.5) is 0 Å². The highest BCUT2D eigenvalue weighted by Crippen LogP contribution is 2.68. The van der Waals surface area contributed by atoms with E-state index in [0.717, 1.165) is 55.0 Å². The fraction of sp³-hybridized carbons (Fsp3) is 0.759. The monoisotopic (exact) mass is 479 g/mol. The van der Waals surface area contributed by atoms with Gasteiger partial charge < -0.3 is 9.84 Å². The molecule has 1 aromatic carbocycles. The van der Waals surface area contributed by atoms with Crippen molar-refractivity contribution in [2.24, 2.45) is 40.4 Å². The summed E-state index contributed by atoms with van der Waals surface area (Å²) in [6.45, 7) is 7.29. The molecule has 6 nitrogen and oxygen atoms in total. The van der Waals surface area contributed by atoms with E-state index in [1.807, 2.05) is 25.1 Å². The molecule has 6 heteroatoms. The Kier molecular flexibility index (Phi) is 5.38. The number of fused-ring (bicyclic) bond motifs is 6. The predicted molar refractivity (Wildman–Crippen MR) is 135 cm³/mol. The maximum atomic E-state index is 13.7. The molecule has 35 heavy (non-hydrogen) atoms. The zero-order valence-corrected chi connectivity index (χ0v) is 21.8. The highest BCUT2D eigenvalue weighted by Gasteiger charge is 2.61. The Balaban J connectivity index is 1.22. The number of aromatic nitrogens is 3. The standard InChI is InChI=1S/C29H41N3O3/c1-27(34)14-15-28(2)18(16-27)8-9-19-20-10-11-22(29(20,3)13-12-21(19)28)24(33)17-32-23-6-5-7-25(35-4)26(23)30-31-32/h5-7,18-22,34H,8-17H2,1-4H3/t18-,19+,20+,21+,22-,27-,28+,29+/m1/s1. The molecule has 4 saturated carbocycles. The third-order valence-corrected chi connectivity index (χ3v) is 11.4. The molecule has 0 amide bonds. The lowest BCUT2D eigenvalue weighted by atomic mass is 9.44. The summed E-state index contributed by atoms with van der Waals surface area (Å²) in [4.78, 5) is 13.7. The number of rotatable bonds is 4. The van der Waals surface area contributed by atoms with E-state index in [4.69, 9.17) is 4.74 Å². The van der Waals surface area contributed by atoms with Crippen molar-refractivity contribution in [3.8, 4) is 5.75 Å². The Morgan fingerprint density at radius 1 is 1.06 bits per heavy atom. The van der Waals surface area contributed by atoms with Gasteiger partial charge in [0.15, 0.2) is 11.3 Å². The maximum Gasteiger partial charge on any atom is 0.157 e. The third kappa shape index (κ3) is 3.49. The van der Waals surface area contributed by atoms with Crippen molar-refractivity contribution >= 4 is 16.8 Å². The maximum absolute atomic E-state index is 13.7. The molecule has 190 valence electrons. The van der Waals surface area contributed by atoms with Crippen LogP contribution in [0.2, 0.25) is 0 Å². The minimum atomic E-state index is -0.486. The van der Waals surface area contributed by atoms with E-state index in [2.05, 4.69) is 24.2 Å². The number of aliphatic hydroxyl groups is 1. The number of hydrogen-bond donors (Lipinski definition) is 1. The van der Waals surface area contributed by atoms with Crippen molar-refractivity contribution in [2.75, 3.05) is 7.11 Å². The second kappa shape index (κ2) is 8.03. The van der Waals surface area contributed by atoms with Crippen LogP contribution in [0, 0.1) is 40.4 Å². The summed E-state index contributed by atoms with van der Waals surface area (Å²) in [5.74, 6) is 3.88. The minimum absolute atomic E-state index is 0.0929. The highest BCUT2D eigenvalue weighted by molar-refractivity contribution is 5.85. The number of Topliss-reactive ketones (excluding diaryl/α,β-unsaturated/α-hetero) is 1. The molecule has 4 aliphatic rings. The summed E-state index contributed by atoms with van der Waals surface area (Å²) in [5.41, 5.74) is 1.54. The molecule has 0 aliphatic heterocycles. The van der Waals surface area contributed by atoms with Crippen LogP contribution in [-0.2, 0) is 11.3 Å². The van der Waals surface area contributed by atoms with Gasteiger partial charge in [0, 0.05) is 5.92 Å². The Labute approximate surface area is 208 Å². The molecule has 2 aromatic rings. The molecule has 6 rings (SSSR count). The topological polar surface area (TPSA) is 77.2 Å². The van der Waals surface area contributed by atoms with E-state index in [9.17, 15) is 9.90 Å². The smallest absolute Gasteiger partial charge is 0.157 e. The van der Waals surface area contributed by atoms with Gasteiger partial charge in [0.2, 0.25) is 0 Å². The quantitative estimate of drug-likeness (QED) is 0.634. The second-order valence-electron chi connectivity index (χ2n) is 13.1. The van der Waals surface area contributed by atoms with Crippen LogP contribution in [0.5, 0.6) is 5.75 Å². The van der Waals surface area contributed by atoms with Crippen LogP contribution in [-0.4, -0.2) is 38.6 Å². The Morgan fingerprint density at radius 2 is 1.86 bits per heavy atom. The minimum Gasteiger partial charge on any atom is -0.494 e. The van der Waals surface area contributed by atoms with E-state index in [1.54, 1.807) is 11.8 Å². The van der Waals surface area contributed by atoms with E-state index in [0.29, 0.717) is 35.3 Å². The van der Waals surface area contributed by atoms with E-state index < -0.39 is 5.60 Å². The number of methoxy groups -OCH3 is 1. The molecule has 0 radical (unpaired) electrons. The van der Waals surface area contributed by atoms with Crippen molar-refractivity contribution in [2.45, 2.75) is 90.7 Å². The summed E-state index contributed by atoms with van der Waals surface area (Å²) in [5, 5.41) is 19.4. The lowest BCUT2D eigenvalue weighted by Gasteiger charge is -2.61. The predicted octanol–water partition coefficient (Wildman–Crippen LogP) is 5.42. The number of carbonyl (C=O) groups is 1. The summed E-state index contributed by atoms with van der Waals surface area (Å²) < 4.78 is 7.19. The normalized spacial score (nSPS) is 42.8. The van der Waals surface area contributed by atoms with E-state index in [1.165, 1.54) is 25.7 Å². The number of benzene rings is 1. The van der Waals surface area contributed by atoms with Gasteiger partial charge in [-0.3, -0.25) is 4.79 Å². The molecule has 1 heterocycles. The van der Waals surface area contributed by atoms with Crippen molar-refractivity contribution in [3.05, 3.63) is 18.2 Å². The molecule has 1 N–H and O–H groups in total. The van der Waals surface area contributed by atoms with Gasteiger partial charge >= 0.3 is 0 Å². The molecule has 0 unspecified atom stereocenters. The summed E-state index contributed by atoms with van der Waals surface area (Å²) >= 11 is 0. The number of ketones is 1. The SMILES string of the molecule is COc1cccc2c1nnn2CC(=O)[C@H]1CC[C@H]2[C@@H]3CC[C@@H]4C[C@](C)(O)CC[C@]4(C)[C@H]3CC[C@]12C. The first-order chi connectivity index (χ1) is 16.7. The average molecular weight is 480 g/mol. The van der Waals surface area contributed by atoms with E-state index >= 15 is 0 Å². The van der Waals surface area contributed by atoms with Crippen LogP contribution in [0.1, 0.15) is 78.6 Å². The Bertz CT molecular complexity index is 1140. The Hall–Kier alpha value is -1.95. The first-order valence-corrected chi connectivity index (χ1v) is 13.8.